The number of halogens is 2. The molecule has 5 heterocycles. The lowest BCUT2D eigenvalue weighted by molar-refractivity contribution is -0.385. The van der Waals surface area contributed by atoms with Crippen LogP contribution in [-0.4, -0.2) is 233 Å². The third-order valence-electron chi connectivity index (χ3n) is 19.6. The van der Waals surface area contributed by atoms with Crippen LogP contribution in [0.15, 0.2) is 140 Å². The van der Waals surface area contributed by atoms with Gasteiger partial charge >= 0.3 is 0 Å². The fourth-order valence-corrected chi connectivity index (χ4v) is 13.9. The average molecular weight is 1680 g/mol. The van der Waals surface area contributed by atoms with Crippen molar-refractivity contribution in [3.05, 3.63) is 166 Å². The maximum Gasteiger partial charge on any atom is 0.269 e. The molecule has 1 aromatic heterocycles. The molecule has 0 radical (unpaired) electrons. The number of hydrogen-bond acceptors (Lipinski definition) is 23. The first-order chi connectivity index (χ1) is 51.4. The molecular formula is C78H117BrClN15O11S4. The molecule has 608 valence electrons. The molecule has 1 amide bonds. The Hall–Kier alpha value is -6.56. The van der Waals surface area contributed by atoms with E-state index in [0.29, 0.717) is 47.4 Å². The predicted molar refractivity (Wildman–Crippen MR) is 467 cm³/mol. The number of carbonyl (C=O) groups is 1. The molecule has 6 aromatic rings. The lowest BCUT2D eigenvalue weighted by Gasteiger charge is -2.31. The molecule has 8 fully saturated rings. The molecule has 32 heteroatoms. The van der Waals surface area contributed by atoms with Crippen molar-refractivity contribution < 1.29 is 43.1 Å². The standard InChI is InChI=1S/C16H23N3O3.2C16H25N3O.C14H12ClN3O3.C13H19N3O3.C3H5Br.4H2S/c1-22-11-10-17-9-8-16(12-17)18(13-2-3-13)14-4-6-15(7-5-14)19(20)21;2*1-20-11-10-18-9-8-16(12-18)19(15-6-7-15)14-4-2-13(17)3-5-14;1-3-12(19)17-9-5-4-6-10(7-9)21-13-11(20-2)8-16-14(15)18-13;1-19-9-8-15-7-6-12(10-15)14-11-2-4-13(5-3-11)16(17)18;4-3-1-2-3;;;;/h4-7,13,16H,2-3,8-12H2,1H3;2*2-5,15-16H,6-12,17H2,1H3;3-8H,1H2,2H3,(H,17,19);2-5,12,14H,6-10H2,1H3;3H,1-2H2;4*1H2/t3*16-;;12-;;;;;/m000.0...../s1. The number of nitro groups is 2. The Kier molecular flexibility index (Phi) is 42.0. The summed E-state index contributed by atoms with van der Waals surface area (Å²) >= 11 is 9.12. The molecule has 6 N–H and O–H groups in total. The zero-order valence-corrected chi connectivity index (χ0v) is 70.5. The van der Waals surface area contributed by atoms with Crippen LogP contribution in [0.4, 0.5) is 51.2 Å². The second kappa shape index (κ2) is 49.2. The SMILES string of the molecule is BrC1CC1.C=CC(=O)Nc1cccc(Oc2nc(Cl)ncc2OC)c1.COCCN1CC[C@H](N(c2ccc(N)cc2)C2CC2)C1.COCCN1CC[C@H](N(c2ccc(N)cc2)C2CC2)C1.COCCN1CC[C@H](N(c2ccc([N+](=O)[O-])cc2)C2CC2)C1.COCCN1CC[C@H](Nc2ccc([N+](=O)[O-])cc2)C1.S.S.S.S. The van der Waals surface area contributed by atoms with Gasteiger partial charge in [0.15, 0.2) is 5.75 Å². The fourth-order valence-electron chi connectivity index (χ4n) is 13.5. The number of alkyl halides is 1. The van der Waals surface area contributed by atoms with E-state index in [1.165, 1.54) is 120 Å². The molecule has 26 nitrogen and oxygen atoms in total. The predicted octanol–water partition coefficient (Wildman–Crippen LogP) is 13.0. The third-order valence-corrected chi connectivity index (χ3v) is 20.7. The topological polar surface area (TPSA) is 283 Å². The van der Waals surface area contributed by atoms with E-state index in [0.717, 1.165) is 144 Å². The number of likely N-dealkylation sites (tertiary alicyclic amines) is 4. The van der Waals surface area contributed by atoms with E-state index in [1.54, 1.807) is 77.0 Å². The van der Waals surface area contributed by atoms with Crippen molar-refractivity contribution in [2.75, 3.05) is 177 Å². The number of methoxy groups -OCH3 is 5. The molecule has 4 saturated carbocycles. The van der Waals surface area contributed by atoms with E-state index in [1.807, 2.05) is 36.4 Å². The number of hydrogen-bond donors (Lipinski definition) is 4. The van der Waals surface area contributed by atoms with Crippen LogP contribution in [0, 0.1) is 20.2 Å². The minimum absolute atomic E-state index is 0. The number of nitrogen functional groups attached to an aromatic ring is 2. The summed E-state index contributed by atoms with van der Waals surface area (Å²) in [5.74, 6) is 0.685. The number of non-ortho nitro benzene ring substituents is 2. The average Bonchev–Trinajstić information content (AvgIpc) is 1.66. The highest BCUT2D eigenvalue weighted by Gasteiger charge is 2.40. The zero-order valence-electron chi connectivity index (χ0n) is 64.1. The van der Waals surface area contributed by atoms with Crippen LogP contribution in [-0.2, 0) is 23.7 Å². The van der Waals surface area contributed by atoms with Gasteiger partial charge in [0.25, 0.3) is 17.3 Å². The van der Waals surface area contributed by atoms with Crippen molar-refractivity contribution in [1.82, 2.24) is 29.6 Å². The third kappa shape index (κ3) is 31.4. The van der Waals surface area contributed by atoms with Gasteiger partial charge in [-0.1, -0.05) is 28.6 Å². The van der Waals surface area contributed by atoms with E-state index >= 15 is 0 Å². The molecule has 4 aliphatic heterocycles. The molecule has 5 aromatic carbocycles. The van der Waals surface area contributed by atoms with E-state index in [4.69, 9.17) is 51.5 Å². The van der Waals surface area contributed by atoms with Crippen LogP contribution in [0.25, 0.3) is 0 Å². The van der Waals surface area contributed by atoms with Gasteiger partial charge < -0.3 is 65.2 Å². The summed E-state index contributed by atoms with van der Waals surface area (Å²) < 4.78 is 31.3. The van der Waals surface area contributed by atoms with Crippen molar-refractivity contribution in [1.29, 1.82) is 0 Å². The number of carbonyl (C=O) groups excluding carboxylic acids is 1. The number of nitrogens with zero attached hydrogens (tertiary/aromatic N) is 11. The summed E-state index contributed by atoms with van der Waals surface area (Å²) in [4.78, 5) is 58.1. The van der Waals surface area contributed by atoms with Crippen LogP contribution in [0.2, 0.25) is 5.28 Å². The molecular weight excluding hydrogens is 1570 g/mol. The van der Waals surface area contributed by atoms with Gasteiger partial charge in [-0.2, -0.15) is 59.0 Å². The number of nitro benzene ring substituents is 2. The van der Waals surface area contributed by atoms with E-state index in [9.17, 15) is 25.0 Å². The molecule has 0 bridgehead atoms. The fraction of sp³-hybridized carbons (Fsp3) is 0.526. The Labute approximate surface area is 691 Å². The van der Waals surface area contributed by atoms with Gasteiger partial charge in [-0.3, -0.25) is 44.6 Å². The minimum atomic E-state index is -0.383. The first-order valence-electron chi connectivity index (χ1n) is 37.0. The first-order valence-corrected chi connectivity index (χ1v) is 38.3. The zero-order chi connectivity index (χ0) is 75.3. The number of anilines is 7. The Morgan fingerprint density at radius 3 is 1.30 bits per heavy atom. The Bertz CT molecular complexity index is 3580. The van der Waals surface area contributed by atoms with E-state index < -0.39 is 0 Å². The maximum atomic E-state index is 11.3. The monoisotopic (exact) mass is 1680 g/mol. The number of aromatic nitrogens is 2. The Balaban J connectivity index is 0.000000241. The summed E-state index contributed by atoms with van der Waals surface area (Å²) in [6, 6.07) is 41.4. The first kappa shape index (κ1) is 94.0. The molecule has 4 saturated heterocycles. The normalized spacial score (nSPS) is 19.0. The Morgan fingerprint density at radius 2 is 0.936 bits per heavy atom. The molecule has 0 spiro atoms. The maximum absolute atomic E-state index is 11.3. The highest BCUT2D eigenvalue weighted by Crippen LogP contribution is 2.40. The number of ether oxygens (including phenoxy) is 6. The highest BCUT2D eigenvalue weighted by atomic mass is 79.9. The largest absolute Gasteiger partial charge is 0.490 e. The van der Waals surface area contributed by atoms with Crippen molar-refractivity contribution in [3.8, 4) is 17.4 Å². The molecule has 4 atom stereocenters. The van der Waals surface area contributed by atoms with Gasteiger partial charge in [0.05, 0.1) is 49.6 Å². The van der Waals surface area contributed by atoms with Crippen molar-refractivity contribution in [2.24, 2.45) is 0 Å². The molecule has 110 heavy (non-hydrogen) atoms. The summed E-state index contributed by atoms with van der Waals surface area (Å²) in [5, 5.41) is 27.5. The van der Waals surface area contributed by atoms with Crippen LogP contribution >= 0.6 is 81.5 Å². The second-order valence-corrected chi connectivity index (χ2v) is 29.5. The minimum Gasteiger partial charge on any atom is -0.490 e. The van der Waals surface area contributed by atoms with Crippen molar-refractivity contribution >= 4 is 139 Å². The number of benzene rings is 5. The van der Waals surface area contributed by atoms with E-state index in [2.05, 4.69) is 102 Å². The van der Waals surface area contributed by atoms with Crippen molar-refractivity contribution in [3.63, 3.8) is 0 Å². The Morgan fingerprint density at radius 1 is 0.555 bits per heavy atom. The number of rotatable bonds is 30. The number of nitrogens with one attached hydrogen (secondary N) is 2. The van der Waals surface area contributed by atoms with Gasteiger partial charge in [-0.15, -0.1) is 0 Å². The van der Waals surface area contributed by atoms with Crippen LogP contribution in [0.1, 0.15) is 77.0 Å². The van der Waals surface area contributed by atoms with E-state index in [-0.39, 0.29) is 92.3 Å². The highest BCUT2D eigenvalue weighted by molar-refractivity contribution is 9.09. The van der Waals surface area contributed by atoms with Gasteiger partial charge in [0.2, 0.25) is 11.2 Å². The van der Waals surface area contributed by atoms with Gasteiger partial charge in [0.1, 0.15) is 5.75 Å². The second-order valence-electron chi connectivity index (χ2n) is 27.8. The van der Waals surface area contributed by atoms with Crippen molar-refractivity contribution in [2.45, 2.75) is 124 Å². The summed E-state index contributed by atoms with van der Waals surface area (Å²) in [7, 11) is 8.47. The van der Waals surface area contributed by atoms with Gasteiger partial charge in [-0.05, 0) is 180 Å². The van der Waals surface area contributed by atoms with Gasteiger partial charge in [-0.25, -0.2) is 4.98 Å². The summed E-state index contributed by atoms with van der Waals surface area (Å²) in [6.45, 7) is 19.5. The van der Waals surface area contributed by atoms with Gasteiger partial charge in [0, 0.05) is 224 Å². The summed E-state index contributed by atoms with van der Waals surface area (Å²) in [5.41, 5.74) is 18.9. The summed E-state index contributed by atoms with van der Waals surface area (Å²) in [6.07, 6.45) is 17.9. The number of amides is 1. The molecule has 4 aliphatic carbocycles. The quantitative estimate of drug-likeness (QED) is 0.00814. The van der Waals surface area contributed by atoms with Crippen LogP contribution < -0.4 is 46.3 Å². The van der Waals surface area contributed by atoms with Crippen LogP contribution in [0.3, 0.4) is 0 Å². The van der Waals surface area contributed by atoms with Crippen LogP contribution in [0.5, 0.6) is 17.4 Å². The molecule has 8 aliphatic rings. The number of nitrogens with two attached hydrogens (primary N) is 2. The lowest BCUT2D eigenvalue weighted by Crippen LogP contribution is -2.39. The smallest absolute Gasteiger partial charge is 0.269 e. The molecule has 14 rings (SSSR count). The molecule has 0 unspecified atom stereocenters. The lowest BCUT2D eigenvalue weighted by atomic mass is 10.1.